The molecule has 3 aromatic rings. The monoisotopic (exact) mass is 286 g/mol. The van der Waals surface area contributed by atoms with E-state index in [0.717, 1.165) is 15.8 Å². The van der Waals surface area contributed by atoms with Crippen LogP contribution < -0.4 is 4.74 Å². The van der Waals surface area contributed by atoms with Crippen molar-refractivity contribution in [3.8, 4) is 11.6 Å². The highest BCUT2D eigenvalue weighted by molar-refractivity contribution is 7.17. The van der Waals surface area contributed by atoms with Gasteiger partial charge in [0.1, 0.15) is 22.3 Å². The molecule has 5 nitrogen and oxygen atoms in total. The summed E-state index contributed by atoms with van der Waals surface area (Å²) in [7, 11) is 0. The standard InChI is InChI=1S/C14H10N2O3S/c1-8-2-3-9(14(17)18)11(6-8)19-13-12-10(4-5-20-12)15-7-16-13/h2-7H,1H3,(H,17,18). The lowest BCUT2D eigenvalue weighted by Crippen LogP contribution is -2.01. The van der Waals surface area contributed by atoms with Crippen LogP contribution in [0.2, 0.25) is 0 Å². The number of aromatic carboxylic acids is 1. The molecule has 3 rings (SSSR count). The van der Waals surface area contributed by atoms with Crippen LogP contribution in [0.3, 0.4) is 0 Å². The van der Waals surface area contributed by atoms with E-state index in [2.05, 4.69) is 9.97 Å². The number of carboxylic acid groups (broad SMARTS) is 1. The molecule has 0 saturated heterocycles. The number of rotatable bonds is 3. The van der Waals surface area contributed by atoms with Gasteiger partial charge in [0.15, 0.2) is 0 Å². The molecule has 1 N–H and O–H groups in total. The first kappa shape index (κ1) is 12.6. The maximum atomic E-state index is 11.2. The summed E-state index contributed by atoms with van der Waals surface area (Å²) in [5, 5.41) is 11.1. The number of hydrogen-bond acceptors (Lipinski definition) is 5. The van der Waals surface area contributed by atoms with E-state index in [9.17, 15) is 9.90 Å². The molecular formula is C14H10N2O3S. The predicted octanol–water partition coefficient (Wildman–Crippen LogP) is 3.49. The van der Waals surface area contributed by atoms with Gasteiger partial charge in [0.2, 0.25) is 5.88 Å². The lowest BCUT2D eigenvalue weighted by molar-refractivity contribution is 0.0694. The van der Waals surface area contributed by atoms with Gasteiger partial charge in [-0.1, -0.05) is 6.07 Å². The number of hydrogen-bond donors (Lipinski definition) is 1. The second-order valence-electron chi connectivity index (χ2n) is 4.22. The number of carboxylic acids is 1. The highest BCUT2D eigenvalue weighted by Gasteiger charge is 2.14. The van der Waals surface area contributed by atoms with Gasteiger partial charge in [-0.3, -0.25) is 0 Å². The highest BCUT2D eigenvalue weighted by atomic mass is 32.1. The van der Waals surface area contributed by atoms with Crippen molar-refractivity contribution in [2.45, 2.75) is 6.92 Å². The zero-order valence-electron chi connectivity index (χ0n) is 10.5. The van der Waals surface area contributed by atoms with E-state index in [1.54, 1.807) is 12.1 Å². The number of nitrogens with zero attached hydrogens (tertiary/aromatic N) is 2. The van der Waals surface area contributed by atoms with E-state index in [1.165, 1.54) is 23.7 Å². The van der Waals surface area contributed by atoms with Gasteiger partial charge in [0.25, 0.3) is 0 Å². The summed E-state index contributed by atoms with van der Waals surface area (Å²) in [6.07, 6.45) is 1.40. The van der Waals surface area contributed by atoms with Crippen molar-refractivity contribution >= 4 is 27.5 Å². The van der Waals surface area contributed by atoms with E-state index in [-0.39, 0.29) is 11.3 Å². The third kappa shape index (κ3) is 2.21. The van der Waals surface area contributed by atoms with E-state index in [4.69, 9.17) is 4.74 Å². The predicted molar refractivity (Wildman–Crippen MR) is 75.6 cm³/mol. The number of ether oxygens (including phenoxy) is 1. The molecule has 0 spiro atoms. The van der Waals surface area contributed by atoms with Gasteiger partial charge in [-0.2, -0.15) is 0 Å². The van der Waals surface area contributed by atoms with Crippen LogP contribution in [0.5, 0.6) is 11.6 Å². The van der Waals surface area contributed by atoms with Crippen LogP contribution >= 0.6 is 11.3 Å². The fraction of sp³-hybridized carbons (Fsp3) is 0.0714. The van der Waals surface area contributed by atoms with E-state index in [0.29, 0.717) is 5.88 Å². The lowest BCUT2D eigenvalue weighted by Gasteiger charge is -2.09. The molecule has 2 aromatic heterocycles. The van der Waals surface area contributed by atoms with Crippen molar-refractivity contribution in [1.29, 1.82) is 0 Å². The van der Waals surface area contributed by atoms with Crippen molar-refractivity contribution < 1.29 is 14.6 Å². The molecule has 100 valence electrons. The zero-order valence-corrected chi connectivity index (χ0v) is 11.3. The summed E-state index contributed by atoms with van der Waals surface area (Å²) in [4.78, 5) is 19.4. The van der Waals surface area contributed by atoms with E-state index < -0.39 is 5.97 Å². The third-order valence-corrected chi connectivity index (χ3v) is 3.68. The first-order valence-corrected chi connectivity index (χ1v) is 6.73. The summed E-state index contributed by atoms with van der Waals surface area (Å²) in [6.45, 7) is 1.87. The van der Waals surface area contributed by atoms with Gasteiger partial charge in [-0.25, -0.2) is 14.8 Å². The molecule has 0 saturated carbocycles. The molecule has 6 heteroatoms. The molecule has 0 unspecified atom stereocenters. The van der Waals surface area contributed by atoms with Gasteiger partial charge in [-0.05, 0) is 36.1 Å². The normalized spacial score (nSPS) is 10.7. The maximum absolute atomic E-state index is 11.2. The Labute approximate surface area is 118 Å². The Bertz CT molecular complexity index is 798. The van der Waals surface area contributed by atoms with E-state index in [1.807, 2.05) is 18.4 Å². The minimum absolute atomic E-state index is 0.110. The molecule has 0 atom stereocenters. The molecular weight excluding hydrogens is 276 g/mol. The summed E-state index contributed by atoms with van der Waals surface area (Å²) < 4.78 is 6.50. The van der Waals surface area contributed by atoms with Crippen LogP contribution in [-0.2, 0) is 0 Å². The molecule has 0 radical (unpaired) electrons. The first-order valence-electron chi connectivity index (χ1n) is 5.85. The minimum atomic E-state index is -1.03. The van der Waals surface area contributed by atoms with Gasteiger partial charge < -0.3 is 9.84 Å². The SMILES string of the molecule is Cc1ccc(C(=O)O)c(Oc2ncnc3ccsc23)c1. The smallest absolute Gasteiger partial charge is 0.339 e. The Balaban J connectivity index is 2.09. The quantitative estimate of drug-likeness (QED) is 0.798. The Morgan fingerprint density at radius 2 is 2.15 bits per heavy atom. The fourth-order valence-electron chi connectivity index (χ4n) is 1.83. The largest absolute Gasteiger partial charge is 0.478 e. The molecule has 20 heavy (non-hydrogen) atoms. The molecule has 0 bridgehead atoms. The summed E-state index contributed by atoms with van der Waals surface area (Å²) in [6, 6.07) is 6.81. The Morgan fingerprint density at radius 1 is 1.30 bits per heavy atom. The molecule has 0 aliphatic heterocycles. The van der Waals surface area contributed by atoms with Crippen LogP contribution in [-0.4, -0.2) is 21.0 Å². The molecule has 2 heterocycles. The highest BCUT2D eigenvalue weighted by Crippen LogP contribution is 2.32. The van der Waals surface area contributed by atoms with Crippen molar-refractivity contribution in [1.82, 2.24) is 9.97 Å². The molecule has 0 amide bonds. The number of benzene rings is 1. The van der Waals surface area contributed by atoms with Gasteiger partial charge >= 0.3 is 5.97 Å². The van der Waals surface area contributed by atoms with Crippen molar-refractivity contribution in [3.05, 3.63) is 47.1 Å². The second-order valence-corrected chi connectivity index (χ2v) is 5.14. The third-order valence-electron chi connectivity index (χ3n) is 2.78. The fourth-order valence-corrected chi connectivity index (χ4v) is 2.60. The van der Waals surface area contributed by atoms with E-state index >= 15 is 0 Å². The van der Waals surface area contributed by atoms with Crippen molar-refractivity contribution in [2.24, 2.45) is 0 Å². The minimum Gasteiger partial charge on any atom is -0.478 e. The lowest BCUT2D eigenvalue weighted by atomic mass is 10.1. The van der Waals surface area contributed by atoms with Gasteiger partial charge in [0.05, 0.1) is 5.52 Å². The van der Waals surface area contributed by atoms with Crippen molar-refractivity contribution in [2.75, 3.05) is 0 Å². The second kappa shape index (κ2) is 4.90. The van der Waals surface area contributed by atoms with Gasteiger partial charge in [0, 0.05) is 0 Å². The van der Waals surface area contributed by atoms with Crippen LogP contribution in [0.15, 0.2) is 36.0 Å². The molecule has 0 aliphatic rings. The Morgan fingerprint density at radius 3 is 2.95 bits per heavy atom. The average molecular weight is 286 g/mol. The number of aromatic nitrogens is 2. The van der Waals surface area contributed by atoms with Crippen LogP contribution in [0.4, 0.5) is 0 Å². The van der Waals surface area contributed by atoms with Gasteiger partial charge in [-0.15, -0.1) is 11.3 Å². The number of aryl methyl sites for hydroxylation is 1. The maximum Gasteiger partial charge on any atom is 0.339 e. The number of thiophene rings is 1. The van der Waals surface area contributed by atoms with Crippen LogP contribution in [0.1, 0.15) is 15.9 Å². The molecule has 0 fully saturated rings. The van der Waals surface area contributed by atoms with Crippen LogP contribution in [0.25, 0.3) is 10.2 Å². The van der Waals surface area contributed by atoms with Crippen LogP contribution in [0, 0.1) is 6.92 Å². The number of fused-ring (bicyclic) bond motifs is 1. The topological polar surface area (TPSA) is 72.3 Å². The molecule has 1 aromatic carbocycles. The Kier molecular flexibility index (Phi) is 3.08. The van der Waals surface area contributed by atoms with Crippen molar-refractivity contribution in [3.63, 3.8) is 0 Å². The summed E-state index contributed by atoms with van der Waals surface area (Å²) >= 11 is 1.45. The average Bonchev–Trinajstić information content (AvgIpc) is 2.88. The molecule has 0 aliphatic carbocycles. The first-order chi connectivity index (χ1) is 9.65. The number of carbonyl (C=O) groups is 1. The Hall–Kier alpha value is -2.47. The summed E-state index contributed by atoms with van der Waals surface area (Å²) in [5.74, 6) is -0.375. The zero-order chi connectivity index (χ0) is 14.1. The summed E-state index contributed by atoms with van der Waals surface area (Å²) in [5.41, 5.74) is 1.81.